The molecule has 0 bridgehead atoms. The van der Waals surface area contributed by atoms with E-state index in [1.54, 1.807) is 24.3 Å². The van der Waals surface area contributed by atoms with Crippen molar-refractivity contribution in [3.05, 3.63) is 59.7 Å². The number of amides is 3. The van der Waals surface area contributed by atoms with Crippen molar-refractivity contribution in [1.82, 2.24) is 10.7 Å². The summed E-state index contributed by atoms with van der Waals surface area (Å²) in [5.74, 6) is -2.08. The Balaban J connectivity index is 1.56. The molecule has 0 radical (unpaired) electrons. The molecular formula is C24H29N5O3. The number of nitrogens with zero attached hydrogens (tertiary/aromatic N) is 2. The summed E-state index contributed by atoms with van der Waals surface area (Å²) in [7, 11) is 3.89. The van der Waals surface area contributed by atoms with Gasteiger partial charge in [-0.1, -0.05) is 43.5 Å². The quantitative estimate of drug-likeness (QED) is 0.369. The van der Waals surface area contributed by atoms with E-state index >= 15 is 0 Å². The van der Waals surface area contributed by atoms with E-state index in [1.807, 2.05) is 43.3 Å². The number of carbonyl (C=O) groups excluding carboxylic acids is 3. The van der Waals surface area contributed by atoms with E-state index in [1.165, 1.54) is 12.6 Å². The summed E-state index contributed by atoms with van der Waals surface area (Å²) in [5, 5.41) is 9.37. The molecule has 168 valence electrons. The first-order chi connectivity index (χ1) is 15.4. The van der Waals surface area contributed by atoms with Gasteiger partial charge in [-0.15, -0.1) is 0 Å². The lowest BCUT2D eigenvalue weighted by Gasteiger charge is -2.23. The Labute approximate surface area is 188 Å². The molecule has 0 heterocycles. The maximum absolute atomic E-state index is 12.7. The van der Waals surface area contributed by atoms with Gasteiger partial charge in [0.1, 0.15) is 0 Å². The number of hydrazone groups is 1. The minimum atomic E-state index is -0.923. The molecule has 8 heteroatoms. The molecule has 32 heavy (non-hydrogen) atoms. The fourth-order valence-electron chi connectivity index (χ4n) is 3.55. The zero-order valence-corrected chi connectivity index (χ0v) is 18.4. The van der Waals surface area contributed by atoms with Gasteiger partial charge in [-0.25, -0.2) is 5.43 Å². The Morgan fingerprint density at radius 3 is 2.31 bits per heavy atom. The van der Waals surface area contributed by atoms with Crippen LogP contribution in [0.5, 0.6) is 0 Å². The average Bonchev–Trinajstić information content (AvgIpc) is 2.80. The van der Waals surface area contributed by atoms with Crippen molar-refractivity contribution < 1.29 is 14.4 Å². The second-order valence-corrected chi connectivity index (χ2v) is 7.99. The highest BCUT2D eigenvalue weighted by Crippen LogP contribution is 2.20. The van der Waals surface area contributed by atoms with E-state index in [2.05, 4.69) is 21.2 Å². The topological polar surface area (TPSA) is 103 Å². The van der Waals surface area contributed by atoms with Crippen LogP contribution < -0.4 is 21.0 Å². The van der Waals surface area contributed by atoms with Gasteiger partial charge < -0.3 is 15.5 Å². The molecule has 0 atom stereocenters. The molecule has 1 aliphatic rings. The lowest BCUT2D eigenvalue weighted by atomic mass is 9.95. The molecule has 2 aromatic rings. The number of nitrogens with one attached hydrogen (secondary N) is 3. The summed E-state index contributed by atoms with van der Waals surface area (Å²) in [4.78, 5) is 39.1. The maximum Gasteiger partial charge on any atom is 0.329 e. The van der Waals surface area contributed by atoms with E-state index < -0.39 is 11.8 Å². The Hall–Kier alpha value is -3.68. The zero-order valence-electron chi connectivity index (χ0n) is 18.4. The number of hydrogen-bond donors (Lipinski definition) is 3. The van der Waals surface area contributed by atoms with Crippen LogP contribution in [0.3, 0.4) is 0 Å². The Kier molecular flexibility index (Phi) is 7.96. The monoisotopic (exact) mass is 435 g/mol. The molecule has 0 spiro atoms. The Morgan fingerprint density at radius 1 is 0.938 bits per heavy atom. The Bertz CT molecular complexity index is 979. The maximum atomic E-state index is 12.7. The molecule has 3 N–H and O–H groups in total. The van der Waals surface area contributed by atoms with E-state index in [-0.39, 0.29) is 17.6 Å². The minimum Gasteiger partial charge on any atom is -0.378 e. The van der Waals surface area contributed by atoms with E-state index in [4.69, 9.17) is 0 Å². The molecule has 0 saturated heterocycles. The van der Waals surface area contributed by atoms with Crippen LogP contribution in [-0.4, -0.2) is 44.1 Å². The summed E-state index contributed by atoms with van der Waals surface area (Å²) < 4.78 is 0. The first-order valence-corrected chi connectivity index (χ1v) is 10.8. The van der Waals surface area contributed by atoms with Crippen LogP contribution >= 0.6 is 0 Å². The summed E-state index contributed by atoms with van der Waals surface area (Å²) in [6, 6.07) is 14.3. The van der Waals surface area contributed by atoms with Crippen LogP contribution in [0.25, 0.3) is 0 Å². The van der Waals surface area contributed by atoms with Crippen LogP contribution in [0.2, 0.25) is 0 Å². The van der Waals surface area contributed by atoms with Crippen molar-refractivity contribution in [3.63, 3.8) is 0 Å². The van der Waals surface area contributed by atoms with Gasteiger partial charge in [0.2, 0.25) is 0 Å². The molecule has 0 aromatic heterocycles. The summed E-state index contributed by atoms with van der Waals surface area (Å²) in [6.07, 6.45) is 6.76. The summed E-state index contributed by atoms with van der Waals surface area (Å²) in [6.45, 7) is 0. The highest BCUT2D eigenvalue weighted by Gasteiger charge is 2.20. The Morgan fingerprint density at radius 2 is 1.62 bits per heavy atom. The second-order valence-electron chi connectivity index (χ2n) is 7.99. The molecule has 3 rings (SSSR count). The van der Waals surface area contributed by atoms with Crippen molar-refractivity contribution in [1.29, 1.82) is 0 Å². The number of anilines is 2. The lowest BCUT2D eigenvalue weighted by Crippen LogP contribution is -2.37. The predicted octanol–water partition coefficient (Wildman–Crippen LogP) is 2.90. The number of hydrogen-bond acceptors (Lipinski definition) is 5. The van der Waals surface area contributed by atoms with Gasteiger partial charge in [0.25, 0.3) is 5.91 Å². The highest BCUT2D eigenvalue weighted by atomic mass is 16.2. The second kappa shape index (κ2) is 11.1. The molecule has 1 fully saturated rings. The van der Waals surface area contributed by atoms with E-state index in [0.29, 0.717) is 5.56 Å². The largest absolute Gasteiger partial charge is 0.378 e. The van der Waals surface area contributed by atoms with Crippen LogP contribution in [0.4, 0.5) is 11.4 Å². The normalized spacial score (nSPS) is 14.1. The molecule has 0 aliphatic heterocycles. The molecule has 1 saturated carbocycles. The number of benzene rings is 2. The zero-order chi connectivity index (χ0) is 22.9. The molecule has 3 amide bonds. The lowest BCUT2D eigenvalue weighted by molar-refractivity contribution is -0.136. The van der Waals surface area contributed by atoms with Gasteiger partial charge in [-0.2, -0.15) is 5.10 Å². The van der Waals surface area contributed by atoms with Crippen molar-refractivity contribution in [2.45, 2.75) is 38.1 Å². The molecular weight excluding hydrogens is 406 g/mol. The number of carbonyl (C=O) groups is 3. The van der Waals surface area contributed by atoms with Crippen molar-refractivity contribution >= 4 is 35.3 Å². The molecule has 1 aliphatic carbocycles. The molecule has 0 unspecified atom stereocenters. The fraction of sp³-hybridized carbons (Fsp3) is 0.333. The highest BCUT2D eigenvalue weighted by molar-refractivity contribution is 6.40. The van der Waals surface area contributed by atoms with E-state index in [9.17, 15) is 14.4 Å². The van der Waals surface area contributed by atoms with Gasteiger partial charge >= 0.3 is 11.8 Å². The van der Waals surface area contributed by atoms with Crippen molar-refractivity contribution in [2.75, 3.05) is 24.3 Å². The van der Waals surface area contributed by atoms with Crippen molar-refractivity contribution in [2.24, 2.45) is 5.10 Å². The van der Waals surface area contributed by atoms with Crippen LogP contribution in [0, 0.1) is 0 Å². The van der Waals surface area contributed by atoms with Crippen molar-refractivity contribution in [3.8, 4) is 0 Å². The van der Waals surface area contributed by atoms with E-state index in [0.717, 1.165) is 36.9 Å². The van der Waals surface area contributed by atoms with Crippen LogP contribution in [0.1, 0.15) is 48.0 Å². The third-order valence-electron chi connectivity index (χ3n) is 5.36. The first-order valence-electron chi connectivity index (χ1n) is 10.8. The van der Waals surface area contributed by atoms with Gasteiger partial charge in [-0.05, 0) is 42.7 Å². The third kappa shape index (κ3) is 6.41. The number of para-hydroxylation sites is 1. The number of rotatable bonds is 6. The van der Waals surface area contributed by atoms with Gasteiger partial charge in [-0.3, -0.25) is 14.4 Å². The fourth-order valence-corrected chi connectivity index (χ4v) is 3.55. The van der Waals surface area contributed by atoms with Gasteiger partial charge in [0.05, 0.1) is 17.5 Å². The first kappa shape index (κ1) is 23.0. The smallest absolute Gasteiger partial charge is 0.329 e. The van der Waals surface area contributed by atoms with Crippen LogP contribution in [0.15, 0.2) is 53.6 Å². The predicted molar refractivity (Wildman–Crippen MR) is 126 cm³/mol. The average molecular weight is 436 g/mol. The summed E-state index contributed by atoms with van der Waals surface area (Å²) >= 11 is 0. The molecule has 2 aromatic carbocycles. The third-order valence-corrected chi connectivity index (χ3v) is 5.36. The van der Waals surface area contributed by atoms with Gasteiger partial charge in [0.15, 0.2) is 0 Å². The SMILES string of the molecule is CN(C)c1ccc(/C=N\NC(=O)C(=O)Nc2ccccc2C(=O)NC2CCCCC2)cc1. The standard InChI is InChI=1S/C24H29N5O3/c1-29(2)19-14-12-17(13-15-19)16-25-28-24(32)23(31)27-21-11-7-6-10-20(21)22(30)26-18-8-4-3-5-9-18/h6-7,10-16,18H,3-5,8-9H2,1-2H3,(H,26,30)(H,27,31)(H,28,32)/b25-16-. The van der Waals surface area contributed by atoms with Crippen LogP contribution in [-0.2, 0) is 9.59 Å². The summed E-state index contributed by atoms with van der Waals surface area (Å²) in [5.41, 5.74) is 4.63. The molecule has 8 nitrogen and oxygen atoms in total. The minimum absolute atomic E-state index is 0.143. The van der Waals surface area contributed by atoms with Gasteiger partial charge in [0, 0.05) is 25.8 Å².